The normalized spacial score (nSPS) is 22.7. The van der Waals surface area contributed by atoms with Crippen LogP contribution >= 0.6 is 22.6 Å². The van der Waals surface area contributed by atoms with E-state index in [2.05, 4.69) is 34.8 Å². The van der Waals surface area contributed by atoms with Gasteiger partial charge in [0.05, 0.1) is 5.56 Å². The van der Waals surface area contributed by atoms with Crippen molar-refractivity contribution in [1.82, 2.24) is 5.32 Å². The van der Waals surface area contributed by atoms with Crippen molar-refractivity contribution < 1.29 is 14.3 Å². The summed E-state index contributed by atoms with van der Waals surface area (Å²) in [6.07, 6.45) is 3.74. The van der Waals surface area contributed by atoms with E-state index in [0.717, 1.165) is 22.8 Å². The Bertz CT molecular complexity index is 546. The lowest BCUT2D eigenvalue weighted by Gasteiger charge is -2.30. The molecule has 1 aliphatic carbocycles. The molecule has 1 aliphatic rings. The summed E-state index contributed by atoms with van der Waals surface area (Å²) >= 11 is 2.09. The second-order valence-corrected chi connectivity index (χ2v) is 7.07. The molecule has 1 aromatic rings. The lowest BCUT2D eigenvalue weighted by atomic mass is 9.86. The van der Waals surface area contributed by atoms with Crippen LogP contribution in [0.25, 0.3) is 0 Å². The molecule has 0 aromatic heterocycles. The minimum absolute atomic E-state index is 0.194. The highest BCUT2D eigenvalue weighted by atomic mass is 127. The molecule has 120 valence electrons. The number of nitrogens with one attached hydrogen (secondary N) is 1. The van der Waals surface area contributed by atoms with Gasteiger partial charge in [-0.25, -0.2) is 4.79 Å². The van der Waals surface area contributed by atoms with Crippen molar-refractivity contribution in [2.75, 3.05) is 0 Å². The fourth-order valence-corrected chi connectivity index (χ4v) is 3.34. The lowest BCUT2D eigenvalue weighted by Crippen LogP contribution is -2.46. The number of carbonyl (C=O) groups is 2. The zero-order valence-corrected chi connectivity index (χ0v) is 15.1. The number of carbonyl (C=O) groups excluding carboxylic acids is 2. The molecule has 2 rings (SSSR count). The maximum atomic E-state index is 12.2. The third kappa shape index (κ3) is 4.44. The van der Waals surface area contributed by atoms with Gasteiger partial charge in [-0.15, -0.1) is 0 Å². The van der Waals surface area contributed by atoms with Crippen LogP contribution in [0.2, 0.25) is 0 Å². The number of esters is 1. The van der Waals surface area contributed by atoms with Crippen molar-refractivity contribution in [3.63, 3.8) is 0 Å². The van der Waals surface area contributed by atoms with Crippen molar-refractivity contribution in [3.8, 4) is 0 Å². The zero-order chi connectivity index (χ0) is 16.1. The topological polar surface area (TPSA) is 55.4 Å². The predicted molar refractivity (Wildman–Crippen MR) is 93.6 cm³/mol. The van der Waals surface area contributed by atoms with Crippen molar-refractivity contribution in [3.05, 3.63) is 33.4 Å². The summed E-state index contributed by atoms with van der Waals surface area (Å²) in [4.78, 5) is 24.3. The van der Waals surface area contributed by atoms with Gasteiger partial charge in [0.25, 0.3) is 5.91 Å². The molecular formula is C17H22INO3. The van der Waals surface area contributed by atoms with Gasteiger partial charge in [0.15, 0.2) is 6.10 Å². The molecule has 0 saturated heterocycles. The number of hydrogen-bond acceptors (Lipinski definition) is 3. The van der Waals surface area contributed by atoms with E-state index >= 15 is 0 Å². The summed E-state index contributed by atoms with van der Waals surface area (Å²) < 4.78 is 6.12. The van der Waals surface area contributed by atoms with Gasteiger partial charge in [-0.3, -0.25) is 4.79 Å². The zero-order valence-electron chi connectivity index (χ0n) is 13.0. The molecule has 1 amide bonds. The van der Waals surface area contributed by atoms with E-state index in [4.69, 9.17) is 4.74 Å². The molecule has 4 nitrogen and oxygen atoms in total. The molecule has 5 heteroatoms. The van der Waals surface area contributed by atoms with Gasteiger partial charge in [0, 0.05) is 9.61 Å². The van der Waals surface area contributed by atoms with Crippen LogP contribution in [0.5, 0.6) is 0 Å². The summed E-state index contributed by atoms with van der Waals surface area (Å²) in [5.74, 6) is -0.182. The molecule has 0 spiro atoms. The molecule has 1 aromatic carbocycles. The van der Waals surface area contributed by atoms with Gasteiger partial charge >= 0.3 is 5.97 Å². The van der Waals surface area contributed by atoms with Crippen LogP contribution in [0.4, 0.5) is 0 Å². The molecule has 0 heterocycles. The number of hydrogen-bond donors (Lipinski definition) is 1. The average molecular weight is 415 g/mol. The third-order valence-electron chi connectivity index (χ3n) is 4.19. The molecule has 0 radical (unpaired) electrons. The monoisotopic (exact) mass is 415 g/mol. The number of ether oxygens (including phenoxy) is 1. The summed E-state index contributed by atoms with van der Waals surface area (Å²) in [6.45, 7) is 3.78. The largest absolute Gasteiger partial charge is 0.449 e. The molecule has 1 saturated carbocycles. The summed E-state index contributed by atoms with van der Waals surface area (Å²) in [6, 6.07) is 7.38. The SMILES string of the molecule is CC(OC(=O)c1ccccc1I)C(=O)NC1CCCCC1C. The average Bonchev–Trinajstić information content (AvgIpc) is 2.49. The van der Waals surface area contributed by atoms with E-state index < -0.39 is 12.1 Å². The minimum Gasteiger partial charge on any atom is -0.449 e. The van der Waals surface area contributed by atoms with Gasteiger partial charge in [-0.1, -0.05) is 31.9 Å². The van der Waals surface area contributed by atoms with Gasteiger partial charge in [0.1, 0.15) is 0 Å². The number of benzene rings is 1. The van der Waals surface area contributed by atoms with Crippen molar-refractivity contribution >= 4 is 34.5 Å². The van der Waals surface area contributed by atoms with E-state index in [1.165, 1.54) is 6.42 Å². The molecule has 3 unspecified atom stereocenters. The lowest BCUT2D eigenvalue weighted by molar-refractivity contribution is -0.130. The van der Waals surface area contributed by atoms with E-state index in [1.54, 1.807) is 19.1 Å². The van der Waals surface area contributed by atoms with E-state index in [1.807, 2.05) is 12.1 Å². The van der Waals surface area contributed by atoms with E-state index in [0.29, 0.717) is 11.5 Å². The first-order chi connectivity index (χ1) is 10.5. The van der Waals surface area contributed by atoms with Gasteiger partial charge < -0.3 is 10.1 Å². The van der Waals surface area contributed by atoms with Crippen LogP contribution in [0.15, 0.2) is 24.3 Å². The second kappa shape index (κ2) is 7.94. The minimum atomic E-state index is -0.780. The Hall–Kier alpha value is -1.11. The highest BCUT2D eigenvalue weighted by molar-refractivity contribution is 14.1. The van der Waals surface area contributed by atoms with Crippen LogP contribution in [0, 0.1) is 9.49 Å². The van der Waals surface area contributed by atoms with Crippen LogP contribution in [-0.2, 0) is 9.53 Å². The fraction of sp³-hybridized carbons (Fsp3) is 0.529. The molecule has 1 fully saturated rings. The first kappa shape index (κ1) is 17.2. The predicted octanol–water partition coefficient (Wildman–Crippen LogP) is 3.53. The molecule has 0 bridgehead atoms. The maximum Gasteiger partial charge on any atom is 0.339 e. The third-order valence-corrected chi connectivity index (χ3v) is 5.13. The van der Waals surface area contributed by atoms with Crippen LogP contribution in [-0.4, -0.2) is 24.0 Å². The molecule has 1 N–H and O–H groups in total. The number of rotatable bonds is 4. The highest BCUT2D eigenvalue weighted by Gasteiger charge is 2.26. The Balaban J connectivity index is 1.91. The standard InChI is InChI=1S/C17H22INO3/c1-11-7-3-6-10-15(11)19-16(20)12(2)22-17(21)13-8-4-5-9-14(13)18/h4-5,8-9,11-12,15H,3,6-7,10H2,1-2H3,(H,19,20). The molecule has 0 aliphatic heterocycles. The first-order valence-corrected chi connectivity index (χ1v) is 8.83. The maximum absolute atomic E-state index is 12.2. The second-order valence-electron chi connectivity index (χ2n) is 5.90. The Labute approximate surface area is 145 Å². The molecular weight excluding hydrogens is 393 g/mol. The van der Waals surface area contributed by atoms with E-state index in [9.17, 15) is 9.59 Å². The van der Waals surface area contributed by atoms with Crippen LogP contribution in [0.3, 0.4) is 0 Å². The van der Waals surface area contributed by atoms with Crippen molar-refractivity contribution in [2.24, 2.45) is 5.92 Å². The smallest absolute Gasteiger partial charge is 0.339 e. The summed E-state index contributed by atoms with van der Waals surface area (Å²) in [7, 11) is 0. The van der Waals surface area contributed by atoms with Gasteiger partial charge in [0.2, 0.25) is 0 Å². The number of amides is 1. The van der Waals surface area contributed by atoms with E-state index in [-0.39, 0.29) is 11.9 Å². The Morgan fingerprint density at radius 2 is 1.95 bits per heavy atom. The highest BCUT2D eigenvalue weighted by Crippen LogP contribution is 2.23. The molecule has 22 heavy (non-hydrogen) atoms. The first-order valence-electron chi connectivity index (χ1n) is 7.75. The van der Waals surface area contributed by atoms with Gasteiger partial charge in [-0.05, 0) is 60.4 Å². The fourth-order valence-electron chi connectivity index (χ4n) is 2.74. The number of halogens is 1. The van der Waals surface area contributed by atoms with Crippen molar-refractivity contribution in [1.29, 1.82) is 0 Å². The Kier molecular flexibility index (Phi) is 6.23. The summed E-state index contributed by atoms with van der Waals surface area (Å²) in [5.41, 5.74) is 0.494. The van der Waals surface area contributed by atoms with Crippen molar-refractivity contribution in [2.45, 2.75) is 51.7 Å². The summed E-state index contributed by atoms with van der Waals surface area (Å²) in [5, 5.41) is 3.02. The molecule has 3 atom stereocenters. The quantitative estimate of drug-likeness (QED) is 0.605. The Morgan fingerprint density at radius 3 is 2.64 bits per heavy atom. The Morgan fingerprint density at radius 1 is 1.27 bits per heavy atom. The van der Waals surface area contributed by atoms with Crippen LogP contribution in [0.1, 0.15) is 49.9 Å². The van der Waals surface area contributed by atoms with Gasteiger partial charge in [-0.2, -0.15) is 0 Å². The van der Waals surface area contributed by atoms with Crippen LogP contribution < -0.4 is 5.32 Å².